The van der Waals surface area contributed by atoms with Crippen LogP contribution in [0.15, 0.2) is 36.6 Å². The van der Waals surface area contributed by atoms with Crippen molar-refractivity contribution in [3.8, 4) is 6.07 Å². The lowest BCUT2D eigenvalue weighted by molar-refractivity contribution is -0.137. The van der Waals surface area contributed by atoms with Gasteiger partial charge in [0.15, 0.2) is 0 Å². The number of halogens is 4. The molecule has 98 valence electrons. The number of nitrogens with zero attached hydrogens (tertiary/aromatic N) is 1. The molecule has 0 amide bonds. The third-order valence-corrected chi connectivity index (χ3v) is 2.96. The molecule has 1 unspecified atom stereocenters. The van der Waals surface area contributed by atoms with Crippen LogP contribution in [0.4, 0.5) is 13.2 Å². The first-order valence-electron chi connectivity index (χ1n) is 5.33. The van der Waals surface area contributed by atoms with Gasteiger partial charge in [-0.25, -0.2) is 0 Å². The van der Waals surface area contributed by atoms with Gasteiger partial charge in [-0.15, -0.1) is 0 Å². The number of rotatable bonds is 1. The Labute approximate surface area is 112 Å². The van der Waals surface area contributed by atoms with Crippen molar-refractivity contribution in [1.29, 1.82) is 5.26 Å². The van der Waals surface area contributed by atoms with Crippen molar-refractivity contribution in [2.75, 3.05) is 0 Å². The van der Waals surface area contributed by atoms with Crippen LogP contribution in [0.25, 0.3) is 5.57 Å². The van der Waals surface area contributed by atoms with E-state index in [-0.39, 0.29) is 10.6 Å². The van der Waals surface area contributed by atoms with Gasteiger partial charge in [0.25, 0.3) is 0 Å². The summed E-state index contributed by atoms with van der Waals surface area (Å²) in [7, 11) is 0. The zero-order valence-corrected chi connectivity index (χ0v) is 10.3. The third-order valence-electron chi connectivity index (χ3n) is 2.63. The Balaban J connectivity index is 2.48. The third kappa shape index (κ3) is 2.91. The molecule has 0 spiro atoms. The molecule has 2 nitrogen and oxygen atoms in total. The predicted molar refractivity (Wildman–Crippen MR) is 66.1 cm³/mol. The van der Waals surface area contributed by atoms with Gasteiger partial charge in [0, 0.05) is 10.6 Å². The fourth-order valence-electron chi connectivity index (χ4n) is 1.70. The molecular formula is C13H8ClF3N2. The van der Waals surface area contributed by atoms with E-state index in [4.69, 9.17) is 16.9 Å². The van der Waals surface area contributed by atoms with E-state index in [1.807, 2.05) is 6.07 Å². The minimum Gasteiger partial charge on any atom is -0.373 e. The lowest BCUT2D eigenvalue weighted by Gasteiger charge is -2.15. The van der Waals surface area contributed by atoms with Gasteiger partial charge in [-0.3, -0.25) is 0 Å². The SMILES string of the molecule is N#CC1C=C(c2cc(C(F)(F)F)ccc2Cl)C=CN1. The van der Waals surface area contributed by atoms with Crippen molar-refractivity contribution in [1.82, 2.24) is 5.32 Å². The summed E-state index contributed by atoms with van der Waals surface area (Å²) in [5, 5.41) is 11.8. The monoisotopic (exact) mass is 284 g/mol. The topological polar surface area (TPSA) is 35.8 Å². The molecule has 1 aliphatic heterocycles. The molecule has 6 heteroatoms. The van der Waals surface area contributed by atoms with E-state index in [0.29, 0.717) is 5.57 Å². The molecular weight excluding hydrogens is 277 g/mol. The Kier molecular flexibility index (Phi) is 3.54. The van der Waals surface area contributed by atoms with Crippen molar-refractivity contribution in [3.63, 3.8) is 0 Å². The summed E-state index contributed by atoms with van der Waals surface area (Å²) in [4.78, 5) is 0. The molecule has 0 bridgehead atoms. The highest BCUT2D eigenvalue weighted by molar-refractivity contribution is 6.32. The van der Waals surface area contributed by atoms with E-state index in [1.54, 1.807) is 6.08 Å². The second kappa shape index (κ2) is 4.98. The minimum absolute atomic E-state index is 0.211. The zero-order valence-electron chi connectivity index (χ0n) is 9.50. The summed E-state index contributed by atoms with van der Waals surface area (Å²) in [5.74, 6) is 0. The average Bonchev–Trinajstić information content (AvgIpc) is 2.38. The van der Waals surface area contributed by atoms with Crippen LogP contribution in [-0.4, -0.2) is 6.04 Å². The molecule has 0 aromatic heterocycles. The molecule has 2 rings (SSSR count). The zero-order chi connectivity index (χ0) is 14.0. The van der Waals surface area contributed by atoms with Gasteiger partial charge in [-0.05, 0) is 42.1 Å². The molecule has 1 aromatic carbocycles. The van der Waals surface area contributed by atoms with Gasteiger partial charge >= 0.3 is 6.18 Å². The summed E-state index contributed by atoms with van der Waals surface area (Å²) in [6.45, 7) is 0. The van der Waals surface area contributed by atoms with E-state index in [9.17, 15) is 13.2 Å². The van der Waals surface area contributed by atoms with Crippen molar-refractivity contribution >= 4 is 17.2 Å². The van der Waals surface area contributed by atoms with Crippen LogP contribution >= 0.6 is 11.6 Å². The van der Waals surface area contributed by atoms with E-state index in [1.165, 1.54) is 18.3 Å². The molecule has 19 heavy (non-hydrogen) atoms. The minimum atomic E-state index is -4.43. The Morgan fingerprint density at radius 1 is 1.32 bits per heavy atom. The molecule has 0 saturated carbocycles. The van der Waals surface area contributed by atoms with Gasteiger partial charge < -0.3 is 5.32 Å². The molecule has 1 heterocycles. The van der Waals surface area contributed by atoms with Gasteiger partial charge in [-0.1, -0.05) is 11.6 Å². The van der Waals surface area contributed by atoms with Crippen LogP contribution in [-0.2, 0) is 6.18 Å². The molecule has 0 radical (unpaired) electrons. The smallest absolute Gasteiger partial charge is 0.373 e. The predicted octanol–water partition coefficient (Wildman–Crippen LogP) is 3.75. The van der Waals surface area contributed by atoms with Crippen molar-refractivity contribution in [2.45, 2.75) is 12.2 Å². The Hall–Kier alpha value is -1.93. The summed E-state index contributed by atoms with van der Waals surface area (Å²) in [5.41, 5.74) is -0.0240. The van der Waals surface area contributed by atoms with Crippen molar-refractivity contribution in [3.05, 3.63) is 52.7 Å². The van der Waals surface area contributed by atoms with E-state index in [0.717, 1.165) is 12.1 Å². The van der Waals surface area contributed by atoms with Gasteiger partial charge in [-0.2, -0.15) is 18.4 Å². The maximum atomic E-state index is 12.7. The maximum Gasteiger partial charge on any atom is 0.416 e. The van der Waals surface area contributed by atoms with Gasteiger partial charge in [0.2, 0.25) is 0 Å². The van der Waals surface area contributed by atoms with Crippen LogP contribution in [0.5, 0.6) is 0 Å². The number of hydrogen-bond acceptors (Lipinski definition) is 2. The van der Waals surface area contributed by atoms with Crippen molar-refractivity contribution in [2.24, 2.45) is 0 Å². The fourth-order valence-corrected chi connectivity index (χ4v) is 1.93. The number of nitriles is 1. The average molecular weight is 285 g/mol. The van der Waals surface area contributed by atoms with Crippen LogP contribution in [0.3, 0.4) is 0 Å². The molecule has 1 atom stereocenters. The van der Waals surface area contributed by atoms with Crippen LogP contribution in [0.2, 0.25) is 5.02 Å². The molecule has 1 aromatic rings. The van der Waals surface area contributed by atoms with E-state index >= 15 is 0 Å². The number of benzene rings is 1. The number of allylic oxidation sites excluding steroid dienone is 2. The molecule has 1 aliphatic rings. The molecule has 0 saturated heterocycles. The Morgan fingerprint density at radius 3 is 2.68 bits per heavy atom. The lowest BCUT2D eigenvalue weighted by Crippen LogP contribution is -2.22. The lowest BCUT2D eigenvalue weighted by atomic mass is 9.99. The van der Waals surface area contributed by atoms with Gasteiger partial charge in [0.1, 0.15) is 6.04 Å². The second-order valence-corrected chi connectivity index (χ2v) is 4.33. The Bertz CT molecular complexity index is 597. The largest absolute Gasteiger partial charge is 0.416 e. The standard InChI is InChI=1S/C13H8ClF3N2/c14-12-2-1-9(13(15,16)17)6-11(12)8-3-4-19-10(5-8)7-18/h1-6,10,19H. The highest BCUT2D eigenvalue weighted by Gasteiger charge is 2.31. The first kappa shape index (κ1) is 13.5. The van der Waals surface area contributed by atoms with E-state index in [2.05, 4.69) is 5.32 Å². The number of hydrogen-bond donors (Lipinski definition) is 1. The summed E-state index contributed by atoms with van der Waals surface area (Å²) < 4.78 is 38.0. The summed E-state index contributed by atoms with van der Waals surface area (Å²) >= 11 is 5.93. The normalized spacial score (nSPS) is 18.5. The number of alkyl halides is 3. The van der Waals surface area contributed by atoms with Crippen LogP contribution in [0.1, 0.15) is 11.1 Å². The number of dihydropyridines is 1. The van der Waals surface area contributed by atoms with E-state index < -0.39 is 17.8 Å². The molecule has 0 aliphatic carbocycles. The summed E-state index contributed by atoms with van der Waals surface area (Å²) in [6, 6.07) is 4.51. The first-order valence-corrected chi connectivity index (χ1v) is 5.71. The highest BCUT2D eigenvalue weighted by atomic mass is 35.5. The summed E-state index contributed by atoms with van der Waals surface area (Å²) in [6.07, 6.45) is 0.196. The molecule has 0 fully saturated rings. The molecule has 1 N–H and O–H groups in total. The maximum absolute atomic E-state index is 12.7. The number of nitrogens with one attached hydrogen (secondary N) is 1. The van der Waals surface area contributed by atoms with Gasteiger partial charge in [0.05, 0.1) is 11.6 Å². The fraction of sp³-hybridized carbons (Fsp3) is 0.154. The van der Waals surface area contributed by atoms with Crippen LogP contribution < -0.4 is 5.32 Å². The quantitative estimate of drug-likeness (QED) is 0.852. The highest BCUT2D eigenvalue weighted by Crippen LogP contribution is 2.34. The van der Waals surface area contributed by atoms with Crippen molar-refractivity contribution < 1.29 is 13.2 Å². The first-order chi connectivity index (χ1) is 8.91. The van der Waals surface area contributed by atoms with Crippen LogP contribution in [0, 0.1) is 11.3 Å². The Morgan fingerprint density at radius 2 is 2.05 bits per heavy atom. The second-order valence-electron chi connectivity index (χ2n) is 3.92.